The van der Waals surface area contributed by atoms with E-state index in [0.29, 0.717) is 34.7 Å². The minimum Gasteiger partial charge on any atom is -0.394 e. The number of benzene rings is 1. The Bertz CT molecular complexity index is 851. The average molecular weight is 408 g/mol. The standard InChI is InChI=1S/C18H19FN2O4S.C2H6/c1-10-5-6-13(12(19)9-10)20-18-15(17(24)21-25-8-7-22)11-3-2-4-14(23)16(11)26-18;1-2/h5-6,9,20,22H,2-4,7-8H2,1H3,(H,21,24);1-2H3. The van der Waals surface area contributed by atoms with Gasteiger partial charge in [-0.25, -0.2) is 9.87 Å². The lowest BCUT2D eigenvalue weighted by Crippen LogP contribution is -2.27. The first kappa shape index (κ1) is 22.0. The number of aliphatic hydroxyl groups excluding tert-OH is 1. The zero-order chi connectivity index (χ0) is 20.7. The first-order chi connectivity index (χ1) is 13.5. The first-order valence-electron chi connectivity index (χ1n) is 9.26. The molecule has 6 nitrogen and oxygen atoms in total. The molecule has 152 valence electrons. The van der Waals surface area contributed by atoms with Crippen LogP contribution in [-0.2, 0) is 11.3 Å². The lowest BCUT2D eigenvalue weighted by Gasteiger charge is -2.13. The molecule has 0 saturated carbocycles. The van der Waals surface area contributed by atoms with Gasteiger partial charge in [0.1, 0.15) is 10.8 Å². The van der Waals surface area contributed by atoms with Gasteiger partial charge in [-0.15, -0.1) is 11.3 Å². The molecule has 8 heteroatoms. The monoisotopic (exact) mass is 408 g/mol. The summed E-state index contributed by atoms with van der Waals surface area (Å²) < 4.78 is 14.2. The van der Waals surface area contributed by atoms with Gasteiger partial charge in [0.2, 0.25) is 0 Å². The Kier molecular flexibility index (Phi) is 8.10. The van der Waals surface area contributed by atoms with Gasteiger partial charge in [0.25, 0.3) is 5.91 Å². The molecule has 0 radical (unpaired) electrons. The second kappa shape index (κ2) is 10.3. The SMILES string of the molecule is CC.Cc1ccc(Nc2sc3c(c2C(=O)NOCCO)CCCC3=O)c(F)c1. The van der Waals surface area contributed by atoms with E-state index in [1.54, 1.807) is 19.1 Å². The van der Waals surface area contributed by atoms with E-state index in [-0.39, 0.29) is 30.2 Å². The van der Waals surface area contributed by atoms with Gasteiger partial charge in [0.05, 0.1) is 29.3 Å². The molecule has 3 N–H and O–H groups in total. The molecule has 1 heterocycles. The van der Waals surface area contributed by atoms with Crippen molar-refractivity contribution in [2.24, 2.45) is 0 Å². The maximum absolute atomic E-state index is 14.2. The van der Waals surface area contributed by atoms with Crippen LogP contribution >= 0.6 is 11.3 Å². The fourth-order valence-corrected chi connectivity index (χ4v) is 4.08. The van der Waals surface area contributed by atoms with E-state index in [1.807, 2.05) is 13.8 Å². The third kappa shape index (κ3) is 4.95. The summed E-state index contributed by atoms with van der Waals surface area (Å²) in [6, 6.07) is 4.74. The number of carbonyl (C=O) groups is 2. The molecular weight excluding hydrogens is 383 g/mol. The van der Waals surface area contributed by atoms with E-state index >= 15 is 0 Å². The van der Waals surface area contributed by atoms with Crippen molar-refractivity contribution >= 4 is 33.7 Å². The van der Waals surface area contributed by atoms with Crippen molar-refractivity contribution in [3.05, 3.63) is 45.6 Å². The number of ketones is 1. The normalized spacial score (nSPS) is 12.7. The maximum Gasteiger partial charge on any atom is 0.278 e. The minimum atomic E-state index is -0.527. The maximum atomic E-state index is 14.2. The predicted molar refractivity (Wildman–Crippen MR) is 108 cm³/mol. The number of aliphatic hydroxyl groups is 1. The second-order valence-corrected chi connectivity index (χ2v) is 7.02. The second-order valence-electron chi connectivity index (χ2n) is 6.00. The molecule has 1 aliphatic rings. The Morgan fingerprint density at radius 3 is 2.75 bits per heavy atom. The molecular formula is C20H25FN2O4S. The topological polar surface area (TPSA) is 87.7 Å². The van der Waals surface area contributed by atoms with Gasteiger partial charge in [-0.1, -0.05) is 19.9 Å². The molecule has 2 aromatic rings. The highest BCUT2D eigenvalue weighted by Gasteiger charge is 2.30. The lowest BCUT2D eigenvalue weighted by molar-refractivity contribution is 0.0168. The number of nitrogens with one attached hydrogen (secondary N) is 2. The highest BCUT2D eigenvalue weighted by molar-refractivity contribution is 7.18. The fourth-order valence-electron chi connectivity index (χ4n) is 2.85. The van der Waals surface area contributed by atoms with Gasteiger partial charge in [-0.3, -0.25) is 14.4 Å². The van der Waals surface area contributed by atoms with Crippen LogP contribution in [0.3, 0.4) is 0 Å². The Labute approximate surface area is 167 Å². The van der Waals surface area contributed by atoms with Crippen LogP contribution in [0.5, 0.6) is 0 Å². The highest BCUT2D eigenvalue weighted by Crippen LogP contribution is 2.39. The molecule has 1 amide bonds. The number of hydrogen-bond acceptors (Lipinski definition) is 6. The molecule has 3 rings (SSSR count). The molecule has 0 spiro atoms. The molecule has 0 atom stereocenters. The number of halogens is 1. The van der Waals surface area contributed by atoms with Crippen LogP contribution in [-0.4, -0.2) is 30.0 Å². The van der Waals surface area contributed by atoms with Crippen LogP contribution < -0.4 is 10.8 Å². The van der Waals surface area contributed by atoms with Crippen molar-refractivity contribution in [3.63, 3.8) is 0 Å². The molecule has 0 aliphatic heterocycles. The third-order valence-electron chi connectivity index (χ3n) is 4.05. The minimum absolute atomic E-state index is 0.0148. The van der Waals surface area contributed by atoms with E-state index in [1.165, 1.54) is 6.07 Å². The zero-order valence-electron chi connectivity index (χ0n) is 16.2. The summed E-state index contributed by atoms with van der Waals surface area (Å²) in [5.74, 6) is -0.981. The smallest absolute Gasteiger partial charge is 0.278 e. The van der Waals surface area contributed by atoms with Crippen molar-refractivity contribution in [1.29, 1.82) is 0 Å². The Balaban J connectivity index is 0.00000136. The molecule has 0 saturated heterocycles. The number of hydroxylamine groups is 1. The summed E-state index contributed by atoms with van der Waals surface area (Å²) >= 11 is 1.15. The van der Waals surface area contributed by atoms with E-state index in [9.17, 15) is 14.0 Å². The first-order valence-corrected chi connectivity index (χ1v) is 10.1. The van der Waals surface area contributed by atoms with E-state index in [0.717, 1.165) is 16.9 Å². The van der Waals surface area contributed by atoms with Gasteiger partial charge in [0, 0.05) is 6.42 Å². The fraction of sp³-hybridized carbons (Fsp3) is 0.400. The van der Waals surface area contributed by atoms with Crippen LogP contribution in [0.15, 0.2) is 18.2 Å². The van der Waals surface area contributed by atoms with Crippen LogP contribution in [0.4, 0.5) is 15.1 Å². The predicted octanol–water partition coefficient (Wildman–Crippen LogP) is 4.14. The molecule has 1 aliphatic carbocycles. The van der Waals surface area contributed by atoms with E-state index < -0.39 is 11.7 Å². The summed E-state index contributed by atoms with van der Waals surface area (Å²) in [6.07, 6.45) is 1.70. The Hall–Kier alpha value is -2.29. The van der Waals surface area contributed by atoms with Crippen LogP contribution in [0.25, 0.3) is 0 Å². The molecule has 1 aromatic heterocycles. The van der Waals surface area contributed by atoms with E-state index in [4.69, 9.17) is 9.94 Å². The van der Waals surface area contributed by atoms with Crippen molar-refractivity contribution in [1.82, 2.24) is 5.48 Å². The van der Waals surface area contributed by atoms with Crippen molar-refractivity contribution in [2.45, 2.75) is 40.0 Å². The van der Waals surface area contributed by atoms with Crippen molar-refractivity contribution in [2.75, 3.05) is 18.5 Å². The molecule has 0 bridgehead atoms. The number of carbonyl (C=O) groups excluding carboxylic acids is 2. The number of rotatable bonds is 6. The summed E-state index contributed by atoms with van der Waals surface area (Å²) in [6.45, 7) is 5.50. The van der Waals surface area contributed by atoms with Gasteiger partial charge in [-0.05, 0) is 43.0 Å². The average Bonchev–Trinajstić information content (AvgIpc) is 3.05. The third-order valence-corrected chi connectivity index (χ3v) is 5.24. The summed E-state index contributed by atoms with van der Waals surface area (Å²) in [5.41, 5.74) is 4.22. The highest BCUT2D eigenvalue weighted by atomic mass is 32.1. The van der Waals surface area contributed by atoms with Crippen LogP contribution in [0, 0.1) is 12.7 Å². The zero-order valence-corrected chi connectivity index (χ0v) is 17.0. The molecule has 1 aromatic carbocycles. The summed E-state index contributed by atoms with van der Waals surface area (Å²) in [5, 5.41) is 12.1. The number of hydrogen-bond donors (Lipinski definition) is 3. The number of Topliss-reactive ketones (excluding diaryl/α,β-unsaturated/α-hetero) is 1. The molecule has 28 heavy (non-hydrogen) atoms. The number of anilines is 2. The van der Waals surface area contributed by atoms with Crippen molar-refractivity contribution < 1.29 is 23.9 Å². The van der Waals surface area contributed by atoms with Gasteiger partial charge < -0.3 is 10.4 Å². The van der Waals surface area contributed by atoms with Crippen LogP contribution in [0.1, 0.15) is 57.8 Å². The van der Waals surface area contributed by atoms with Gasteiger partial charge >= 0.3 is 0 Å². The number of fused-ring (bicyclic) bond motifs is 1. The number of aryl methyl sites for hydroxylation is 1. The molecule has 0 unspecified atom stereocenters. The summed E-state index contributed by atoms with van der Waals surface area (Å²) in [7, 11) is 0. The van der Waals surface area contributed by atoms with Crippen molar-refractivity contribution in [3.8, 4) is 0 Å². The summed E-state index contributed by atoms with van der Waals surface area (Å²) in [4.78, 5) is 30.2. The largest absolute Gasteiger partial charge is 0.394 e. The van der Waals surface area contributed by atoms with Gasteiger partial charge in [0.15, 0.2) is 5.78 Å². The number of amides is 1. The number of thiophene rings is 1. The Morgan fingerprint density at radius 2 is 2.07 bits per heavy atom. The van der Waals surface area contributed by atoms with E-state index in [2.05, 4.69) is 10.8 Å². The van der Waals surface area contributed by atoms with Gasteiger partial charge in [-0.2, -0.15) is 0 Å². The quantitative estimate of drug-likeness (QED) is 0.494. The van der Waals surface area contributed by atoms with Crippen LogP contribution in [0.2, 0.25) is 0 Å². The lowest BCUT2D eigenvalue weighted by atomic mass is 9.94. The Morgan fingerprint density at radius 1 is 1.32 bits per heavy atom. The molecule has 0 fully saturated rings.